The van der Waals surface area contributed by atoms with Gasteiger partial charge in [0.25, 0.3) is 0 Å². The van der Waals surface area contributed by atoms with Gasteiger partial charge in [-0.05, 0) is 59.6 Å². The molecule has 0 spiro atoms. The predicted molar refractivity (Wildman–Crippen MR) is 141 cm³/mol. The Morgan fingerprint density at radius 2 is 1.46 bits per heavy atom. The Balaban J connectivity index is 2.06. The molecule has 1 aromatic heterocycles. The molecular formula is C30H36N2O3. The van der Waals surface area contributed by atoms with Crippen molar-refractivity contribution in [2.24, 2.45) is 0 Å². The second-order valence-corrected chi connectivity index (χ2v) is 11.5. The Morgan fingerprint density at radius 3 is 1.94 bits per heavy atom. The minimum atomic E-state index is -0.253. The second-order valence-electron chi connectivity index (χ2n) is 11.5. The van der Waals surface area contributed by atoms with Crippen LogP contribution in [-0.4, -0.2) is 23.9 Å². The van der Waals surface area contributed by atoms with Gasteiger partial charge < -0.3 is 19.1 Å². The Hall–Kier alpha value is -3.39. The zero-order valence-corrected chi connectivity index (χ0v) is 22.4. The number of hydrogen-bond donors (Lipinski definition) is 1. The average molecular weight is 473 g/mol. The minimum Gasteiger partial charge on any atom is -0.507 e. The fraction of sp³-hybridized carbons (Fsp3) is 0.433. The van der Waals surface area contributed by atoms with Crippen LogP contribution < -0.4 is 9.47 Å². The zero-order valence-electron chi connectivity index (χ0n) is 22.4. The maximum absolute atomic E-state index is 11.2. The van der Waals surface area contributed by atoms with Crippen LogP contribution in [0.25, 0.3) is 22.4 Å². The number of rotatable bonds is 3. The highest BCUT2D eigenvalue weighted by molar-refractivity contribution is 5.87. The van der Waals surface area contributed by atoms with Crippen LogP contribution in [0.3, 0.4) is 0 Å². The summed E-state index contributed by atoms with van der Waals surface area (Å²) in [5.74, 6) is 1.69. The van der Waals surface area contributed by atoms with Gasteiger partial charge in [0.15, 0.2) is 11.5 Å². The lowest BCUT2D eigenvalue weighted by molar-refractivity contribution is 0.354. The molecule has 0 saturated heterocycles. The number of aryl methyl sites for hydroxylation is 1. The Bertz CT molecular complexity index is 1320. The molecule has 0 unspecified atom stereocenters. The molecular weight excluding hydrogens is 436 g/mol. The first-order chi connectivity index (χ1) is 16.3. The van der Waals surface area contributed by atoms with Gasteiger partial charge in [-0.3, -0.25) is 0 Å². The molecule has 0 fully saturated rings. The molecule has 3 aromatic rings. The smallest absolute Gasteiger partial charge is 0.161 e. The van der Waals surface area contributed by atoms with E-state index < -0.39 is 0 Å². The van der Waals surface area contributed by atoms with Crippen molar-refractivity contribution in [1.29, 1.82) is 5.26 Å². The number of methoxy groups -OCH3 is 2. The van der Waals surface area contributed by atoms with Crippen LogP contribution in [0.5, 0.6) is 17.2 Å². The van der Waals surface area contributed by atoms with Crippen LogP contribution in [0, 0.1) is 18.3 Å². The molecule has 2 aromatic carbocycles. The number of phenols is 1. The number of fused-ring (bicyclic) bond motifs is 3. The monoisotopic (exact) mass is 472 g/mol. The number of benzene rings is 2. The van der Waals surface area contributed by atoms with Gasteiger partial charge in [0.05, 0.1) is 25.5 Å². The molecule has 0 aliphatic carbocycles. The number of aromatic hydroxyl groups is 1. The summed E-state index contributed by atoms with van der Waals surface area (Å²) in [7, 11) is 3.27. The summed E-state index contributed by atoms with van der Waals surface area (Å²) in [4.78, 5) is 0. The molecule has 0 saturated carbocycles. The predicted octanol–water partition coefficient (Wildman–Crippen LogP) is 6.88. The summed E-state index contributed by atoms with van der Waals surface area (Å²) >= 11 is 0. The van der Waals surface area contributed by atoms with Gasteiger partial charge in [0, 0.05) is 34.5 Å². The van der Waals surface area contributed by atoms with Gasteiger partial charge in [-0.15, -0.1) is 0 Å². The first-order valence-corrected chi connectivity index (χ1v) is 12.1. The standard InChI is InChI=1S/C30H36N2O3/c1-17-26(19-12-22(29(2,3)4)28(33)23(13-19)30(5,6)7)21(16-31)27-20-15-25(35-9)24(34-8)14-18(20)10-11-32(17)27/h12-15,33H,10-11H2,1-9H3. The normalized spacial score (nSPS) is 13.1. The van der Waals surface area contributed by atoms with E-state index in [2.05, 4.69) is 71.2 Å². The molecule has 1 aliphatic heterocycles. The third kappa shape index (κ3) is 3.95. The zero-order chi connectivity index (χ0) is 25.9. The molecule has 1 N–H and O–H groups in total. The SMILES string of the molecule is COc1cc2c(cc1OC)-c1c(C#N)c(-c3cc(C(C)(C)C)c(O)c(C(C)(C)C)c3)c(C)n1CC2. The molecule has 0 atom stereocenters. The highest BCUT2D eigenvalue weighted by Gasteiger charge is 2.31. The van der Waals surface area contributed by atoms with Crippen molar-refractivity contribution in [2.45, 2.75) is 72.3 Å². The fourth-order valence-corrected chi connectivity index (χ4v) is 5.26. The van der Waals surface area contributed by atoms with Crippen LogP contribution in [0.2, 0.25) is 0 Å². The Labute approximate surface area is 208 Å². The molecule has 5 heteroatoms. The van der Waals surface area contributed by atoms with E-state index in [9.17, 15) is 10.4 Å². The van der Waals surface area contributed by atoms with E-state index in [1.807, 2.05) is 12.1 Å². The number of aromatic nitrogens is 1. The lowest BCUT2D eigenvalue weighted by Crippen LogP contribution is -2.17. The van der Waals surface area contributed by atoms with Gasteiger partial charge in [-0.1, -0.05) is 41.5 Å². The van der Waals surface area contributed by atoms with Crippen molar-refractivity contribution in [3.8, 4) is 45.7 Å². The first kappa shape index (κ1) is 24.7. The number of hydrogen-bond acceptors (Lipinski definition) is 4. The quantitative estimate of drug-likeness (QED) is 0.451. The van der Waals surface area contributed by atoms with Crippen LogP contribution >= 0.6 is 0 Å². The summed E-state index contributed by atoms with van der Waals surface area (Å²) in [6, 6.07) is 10.7. The average Bonchev–Trinajstić information content (AvgIpc) is 3.08. The number of ether oxygens (including phenoxy) is 2. The molecule has 2 heterocycles. The molecule has 0 amide bonds. The van der Waals surface area contributed by atoms with Crippen LogP contribution in [0.4, 0.5) is 0 Å². The van der Waals surface area contributed by atoms with E-state index in [-0.39, 0.29) is 10.8 Å². The van der Waals surface area contributed by atoms with Gasteiger partial charge in [0.1, 0.15) is 11.8 Å². The highest BCUT2D eigenvalue weighted by atomic mass is 16.5. The van der Waals surface area contributed by atoms with Gasteiger partial charge in [-0.2, -0.15) is 5.26 Å². The summed E-state index contributed by atoms with van der Waals surface area (Å²) in [5.41, 5.74) is 7.95. The van der Waals surface area contributed by atoms with Gasteiger partial charge >= 0.3 is 0 Å². The first-order valence-electron chi connectivity index (χ1n) is 12.1. The summed E-state index contributed by atoms with van der Waals surface area (Å²) in [6.07, 6.45) is 0.846. The number of nitriles is 1. The topological polar surface area (TPSA) is 67.4 Å². The third-order valence-corrected chi connectivity index (χ3v) is 7.12. The molecule has 35 heavy (non-hydrogen) atoms. The molecule has 5 nitrogen and oxygen atoms in total. The van der Waals surface area contributed by atoms with Gasteiger partial charge in [0.2, 0.25) is 0 Å². The lowest BCUT2D eigenvalue weighted by Gasteiger charge is -2.28. The highest BCUT2D eigenvalue weighted by Crippen LogP contribution is 2.47. The van der Waals surface area contributed by atoms with Gasteiger partial charge in [-0.25, -0.2) is 0 Å². The lowest BCUT2D eigenvalue weighted by atomic mass is 9.77. The van der Waals surface area contributed by atoms with E-state index >= 15 is 0 Å². The molecule has 0 radical (unpaired) electrons. The van der Waals surface area contributed by atoms with Crippen LogP contribution in [0.15, 0.2) is 24.3 Å². The summed E-state index contributed by atoms with van der Waals surface area (Å²) < 4.78 is 13.4. The van der Waals surface area contributed by atoms with E-state index in [1.165, 1.54) is 0 Å². The summed E-state index contributed by atoms with van der Waals surface area (Å²) in [5, 5.41) is 21.7. The second kappa shape index (κ2) is 8.37. The Kier molecular flexibility index (Phi) is 5.92. The molecule has 184 valence electrons. The fourth-order valence-electron chi connectivity index (χ4n) is 5.26. The molecule has 1 aliphatic rings. The number of nitrogens with zero attached hydrogens (tertiary/aromatic N) is 2. The van der Waals surface area contributed by atoms with Crippen molar-refractivity contribution in [3.63, 3.8) is 0 Å². The maximum atomic E-state index is 11.2. The van der Waals surface area contributed by atoms with E-state index in [0.717, 1.165) is 57.7 Å². The molecule has 4 rings (SSSR count). The van der Waals surface area contributed by atoms with E-state index in [0.29, 0.717) is 22.8 Å². The molecule has 0 bridgehead atoms. The number of phenolic OH excluding ortho intramolecular Hbond substituents is 1. The Morgan fingerprint density at radius 1 is 0.914 bits per heavy atom. The van der Waals surface area contributed by atoms with Crippen molar-refractivity contribution >= 4 is 0 Å². The maximum Gasteiger partial charge on any atom is 0.161 e. The van der Waals surface area contributed by atoms with Crippen molar-refractivity contribution in [3.05, 3.63) is 52.2 Å². The summed E-state index contributed by atoms with van der Waals surface area (Å²) in [6.45, 7) is 15.5. The largest absolute Gasteiger partial charge is 0.507 e. The van der Waals surface area contributed by atoms with Crippen molar-refractivity contribution in [2.75, 3.05) is 14.2 Å². The van der Waals surface area contributed by atoms with Crippen LogP contribution in [-0.2, 0) is 23.8 Å². The third-order valence-electron chi connectivity index (χ3n) is 7.12. The van der Waals surface area contributed by atoms with Crippen molar-refractivity contribution < 1.29 is 14.6 Å². The van der Waals surface area contributed by atoms with E-state index in [4.69, 9.17) is 9.47 Å². The van der Waals surface area contributed by atoms with E-state index in [1.54, 1.807) is 14.2 Å². The van der Waals surface area contributed by atoms with Crippen molar-refractivity contribution in [1.82, 2.24) is 4.57 Å². The minimum absolute atomic E-state index is 0.253. The van der Waals surface area contributed by atoms with Crippen LogP contribution in [0.1, 0.15) is 69.5 Å².